The summed E-state index contributed by atoms with van der Waals surface area (Å²) >= 11 is 0. The van der Waals surface area contributed by atoms with E-state index in [1.807, 2.05) is 0 Å². The van der Waals surface area contributed by atoms with Gasteiger partial charge < -0.3 is 20.1 Å². The fourth-order valence-corrected chi connectivity index (χ4v) is 3.11. The highest BCUT2D eigenvalue weighted by Crippen LogP contribution is 2.14. The monoisotopic (exact) mass is 379 g/mol. The Morgan fingerprint density at radius 2 is 1.92 bits per heavy atom. The summed E-state index contributed by atoms with van der Waals surface area (Å²) in [5.41, 5.74) is 6.24. The molecule has 0 radical (unpaired) electrons. The zero-order chi connectivity index (χ0) is 15.5. The summed E-state index contributed by atoms with van der Waals surface area (Å²) in [5, 5.41) is 3.94. The van der Waals surface area contributed by atoms with Crippen LogP contribution in [0.4, 0.5) is 0 Å². The molecule has 1 unspecified atom stereocenters. The standard InChI is InChI=1S/C15H25N5O2.2ClH/c1-2-18-5-7-19(8-6-18)11-13-9-14(17-22-13)15(21)20-4-3-12(16)10-20;;/h9,12H,2-8,10-11,16H2,1H3;2*1H. The van der Waals surface area contributed by atoms with Crippen LogP contribution in [0.5, 0.6) is 0 Å². The highest BCUT2D eigenvalue weighted by molar-refractivity contribution is 5.92. The van der Waals surface area contributed by atoms with Crippen molar-refractivity contribution in [2.45, 2.75) is 25.9 Å². The number of hydrogen-bond acceptors (Lipinski definition) is 6. The number of hydrogen-bond donors (Lipinski definition) is 1. The quantitative estimate of drug-likeness (QED) is 0.834. The van der Waals surface area contributed by atoms with E-state index in [1.54, 1.807) is 11.0 Å². The number of halogens is 2. The average Bonchev–Trinajstić information content (AvgIpc) is 3.16. The molecule has 1 aromatic rings. The molecule has 138 valence electrons. The first-order valence-corrected chi connectivity index (χ1v) is 8.11. The normalized spacial score (nSPS) is 22.1. The molecule has 1 amide bonds. The Balaban J connectivity index is 0.00000144. The molecule has 2 N–H and O–H groups in total. The molecule has 0 bridgehead atoms. The maximum absolute atomic E-state index is 12.3. The van der Waals surface area contributed by atoms with Crippen LogP contribution in [0.25, 0.3) is 0 Å². The molecule has 1 atom stereocenters. The van der Waals surface area contributed by atoms with Crippen LogP contribution in [0.3, 0.4) is 0 Å². The van der Waals surface area contributed by atoms with E-state index in [0.717, 1.165) is 51.4 Å². The second kappa shape index (κ2) is 9.58. The van der Waals surface area contributed by atoms with Crippen molar-refractivity contribution in [2.75, 3.05) is 45.8 Å². The van der Waals surface area contributed by atoms with Gasteiger partial charge in [-0.2, -0.15) is 0 Å². The average molecular weight is 380 g/mol. The SMILES string of the molecule is CCN1CCN(Cc2cc(C(=O)N3CCC(N)C3)no2)CC1.Cl.Cl. The van der Waals surface area contributed by atoms with Gasteiger partial charge in [0.2, 0.25) is 0 Å². The van der Waals surface area contributed by atoms with Gasteiger partial charge in [-0.15, -0.1) is 24.8 Å². The summed E-state index contributed by atoms with van der Waals surface area (Å²) in [6, 6.07) is 1.86. The molecule has 0 aromatic carbocycles. The number of piperazine rings is 1. The third-order valence-corrected chi connectivity index (χ3v) is 4.58. The van der Waals surface area contributed by atoms with E-state index in [4.69, 9.17) is 10.3 Å². The van der Waals surface area contributed by atoms with Crippen LogP contribution in [0.2, 0.25) is 0 Å². The number of amides is 1. The third kappa shape index (κ3) is 5.07. The molecule has 7 nitrogen and oxygen atoms in total. The van der Waals surface area contributed by atoms with Crippen LogP contribution in [-0.4, -0.2) is 77.6 Å². The predicted octanol–water partition coefficient (Wildman–Crippen LogP) is 0.829. The second-order valence-electron chi connectivity index (χ2n) is 6.19. The molecule has 2 aliphatic rings. The number of carbonyl (C=O) groups excluding carboxylic acids is 1. The van der Waals surface area contributed by atoms with Gasteiger partial charge in [-0.25, -0.2) is 0 Å². The first-order chi connectivity index (χ1) is 10.7. The third-order valence-electron chi connectivity index (χ3n) is 4.58. The molecule has 2 saturated heterocycles. The molecule has 0 aliphatic carbocycles. The topological polar surface area (TPSA) is 78.8 Å². The lowest BCUT2D eigenvalue weighted by molar-refractivity contribution is 0.0780. The molecule has 0 spiro atoms. The van der Waals surface area contributed by atoms with Crippen molar-refractivity contribution in [3.63, 3.8) is 0 Å². The van der Waals surface area contributed by atoms with Crippen LogP contribution in [-0.2, 0) is 6.54 Å². The minimum Gasteiger partial charge on any atom is -0.359 e. The second-order valence-corrected chi connectivity index (χ2v) is 6.19. The van der Waals surface area contributed by atoms with Crippen LogP contribution >= 0.6 is 24.8 Å². The van der Waals surface area contributed by atoms with Crippen molar-refractivity contribution in [2.24, 2.45) is 5.73 Å². The van der Waals surface area contributed by atoms with Crippen molar-refractivity contribution in [3.05, 3.63) is 17.5 Å². The lowest BCUT2D eigenvalue weighted by Crippen LogP contribution is -2.45. The molecular weight excluding hydrogens is 353 g/mol. The minimum atomic E-state index is -0.0706. The van der Waals surface area contributed by atoms with Crippen molar-refractivity contribution < 1.29 is 9.32 Å². The van der Waals surface area contributed by atoms with Crippen molar-refractivity contribution >= 4 is 30.7 Å². The molecule has 1 aromatic heterocycles. The Labute approximate surface area is 155 Å². The molecule has 2 fully saturated rings. The highest BCUT2D eigenvalue weighted by atomic mass is 35.5. The minimum absolute atomic E-state index is 0. The number of likely N-dealkylation sites (N-methyl/N-ethyl adjacent to an activating group) is 1. The molecule has 2 aliphatic heterocycles. The van der Waals surface area contributed by atoms with Gasteiger partial charge in [0, 0.05) is 51.4 Å². The zero-order valence-corrected chi connectivity index (χ0v) is 15.7. The Hall–Kier alpha value is -0.860. The van der Waals surface area contributed by atoms with Gasteiger partial charge in [0.25, 0.3) is 5.91 Å². The summed E-state index contributed by atoms with van der Waals surface area (Å²) < 4.78 is 5.34. The maximum atomic E-state index is 12.3. The van der Waals surface area contributed by atoms with Gasteiger partial charge in [0.15, 0.2) is 11.5 Å². The van der Waals surface area contributed by atoms with Crippen LogP contribution in [0, 0.1) is 0 Å². The van der Waals surface area contributed by atoms with Crippen LogP contribution < -0.4 is 5.73 Å². The maximum Gasteiger partial charge on any atom is 0.276 e. The highest BCUT2D eigenvalue weighted by Gasteiger charge is 2.27. The van der Waals surface area contributed by atoms with Gasteiger partial charge in [-0.1, -0.05) is 12.1 Å². The van der Waals surface area contributed by atoms with E-state index in [9.17, 15) is 4.79 Å². The first kappa shape index (κ1) is 21.2. The smallest absolute Gasteiger partial charge is 0.276 e. The van der Waals surface area contributed by atoms with Gasteiger partial charge in [0.05, 0.1) is 6.54 Å². The number of nitrogens with two attached hydrogens (primary N) is 1. The number of rotatable bonds is 4. The number of aromatic nitrogens is 1. The van der Waals surface area contributed by atoms with Gasteiger partial charge in [0.1, 0.15) is 0 Å². The molecular formula is C15H27Cl2N5O2. The van der Waals surface area contributed by atoms with E-state index in [2.05, 4.69) is 21.9 Å². The largest absolute Gasteiger partial charge is 0.359 e. The Bertz CT molecular complexity index is 520. The Kier molecular flexibility index (Phi) is 8.45. The lowest BCUT2D eigenvalue weighted by Gasteiger charge is -2.33. The zero-order valence-electron chi connectivity index (χ0n) is 14.0. The van der Waals surface area contributed by atoms with E-state index in [-0.39, 0.29) is 36.8 Å². The number of carbonyl (C=O) groups is 1. The molecule has 24 heavy (non-hydrogen) atoms. The lowest BCUT2D eigenvalue weighted by atomic mass is 10.2. The summed E-state index contributed by atoms with van der Waals surface area (Å²) in [6.45, 7) is 9.56. The predicted molar refractivity (Wildman–Crippen MR) is 96.9 cm³/mol. The summed E-state index contributed by atoms with van der Waals surface area (Å²) in [4.78, 5) is 18.8. The Morgan fingerprint density at radius 3 is 2.50 bits per heavy atom. The van der Waals surface area contributed by atoms with Gasteiger partial charge in [-0.05, 0) is 13.0 Å². The van der Waals surface area contributed by atoms with E-state index < -0.39 is 0 Å². The number of nitrogens with zero attached hydrogens (tertiary/aromatic N) is 4. The number of likely N-dealkylation sites (tertiary alicyclic amines) is 1. The van der Waals surface area contributed by atoms with Crippen LogP contribution in [0.1, 0.15) is 29.6 Å². The van der Waals surface area contributed by atoms with Crippen molar-refractivity contribution in [3.8, 4) is 0 Å². The van der Waals surface area contributed by atoms with Crippen LogP contribution in [0.15, 0.2) is 10.6 Å². The molecule has 0 saturated carbocycles. The summed E-state index contributed by atoms with van der Waals surface area (Å²) in [7, 11) is 0. The molecule has 9 heteroatoms. The van der Waals surface area contributed by atoms with E-state index >= 15 is 0 Å². The van der Waals surface area contributed by atoms with Gasteiger partial charge >= 0.3 is 0 Å². The fourth-order valence-electron chi connectivity index (χ4n) is 3.11. The van der Waals surface area contributed by atoms with E-state index in [1.165, 1.54) is 0 Å². The Morgan fingerprint density at radius 1 is 1.25 bits per heavy atom. The van der Waals surface area contributed by atoms with Gasteiger partial charge in [-0.3, -0.25) is 9.69 Å². The summed E-state index contributed by atoms with van der Waals surface area (Å²) in [6.07, 6.45) is 0.859. The summed E-state index contributed by atoms with van der Waals surface area (Å²) in [5.74, 6) is 0.690. The first-order valence-electron chi connectivity index (χ1n) is 8.11. The van der Waals surface area contributed by atoms with Crippen molar-refractivity contribution in [1.82, 2.24) is 19.9 Å². The van der Waals surface area contributed by atoms with E-state index in [0.29, 0.717) is 18.8 Å². The molecule has 3 rings (SSSR count). The fraction of sp³-hybridized carbons (Fsp3) is 0.733. The van der Waals surface area contributed by atoms with Crippen molar-refractivity contribution in [1.29, 1.82) is 0 Å². The molecule has 3 heterocycles.